The zero-order valence-corrected chi connectivity index (χ0v) is 19.9. The normalized spacial score (nSPS) is 10.8. The largest absolute Gasteiger partial charge is 0.489 e. The molecule has 151 valence electrons. The second-order valence-electron chi connectivity index (χ2n) is 7.37. The Labute approximate surface area is 185 Å². The summed E-state index contributed by atoms with van der Waals surface area (Å²) in [6.07, 6.45) is 1.81. The van der Waals surface area contributed by atoms with Crippen LogP contribution in [-0.2, 0) is 20.1 Å². The number of thiophene rings is 1. The van der Waals surface area contributed by atoms with E-state index in [2.05, 4.69) is 50.9 Å². The first-order chi connectivity index (χ1) is 13.0. The van der Waals surface area contributed by atoms with Crippen LogP contribution in [0.4, 0.5) is 0 Å². The molecule has 28 heavy (non-hydrogen) atoms. The van der Waals surface area contributed by atoms with Gasteiger partial charge in [-0.3, -0.25) is 0 Å². The van der Waals surface area contributed by atoms with E-state index in [1.54, 1.807) is 17.5 Å². The molecular weight excluding hydrogens is 547 g/mol. The smallest absolute Gasteiger partial charge is 0.161 e. The molecule has 0 atom stereocenters. The number of rotatable bonds is 8. The van der Waals surface area contributed by atoms with Crippen molar-refractivity contribution >= 4 is 11.3 Å². The molecule has 0 amide bonds. The number of hydrogen-bond donors (Lipinski definition) is 0. The van der Waals surface area contributed by atoms with Crippen LogP contribution in [0.15, 0.2) is 48.7 Å². The second-order valence-corrected chi connectivity index (χ2v) is 8.42. The van der Waals surface area contributed by atoms with Gasteiger partial charge in [-0.15, -0.1) is 0 Å². The van der Waals surface area contributed by atoms with E-state index in [0.29, 0.717) is 25.0 Å². The third kappa shape index (κ3) is 6.16. The molecule has 0 aliphatic rings. The molecule has 5 heteroatoms. The summed E-state index contributed by atoms with van der Waals surface area (Å²) in [4.78, 5) is 6.59. The van der Waals surface area contributed by atoms with Crippen molar-refractivity contribution in [3.63, 3.8) is 0 Å². The molecule has 3 rings (SSSR count). The summed E-state index contributed by atoms with van der Waals surface area (Å²) in [5, 5.41) is 0. The van der Waals surface area contributed by atoms with Gasteiger partial charge in [-0.25, -0.2) is 11.3 Å². The Morgan fingerprint density at radius 3 is 2.32 bits per heavy atom. The van der Waals surface area contributed by atoms with Crippen molar-refractivity contribution in [3.8, 4) is 32.5 Å². The molecule has 0 fully saturated rings. The Hall–Kier alpha value is -1.68. The molecule has 0 aliphatic heterocycles. The molecule has 0 spiro atoms. The van der Waals surface area contributed by atoms with Crippen LogP contribution in [0.1, 0.15) is 27.7 Å². The van der Waals surface area contributed by atoms with Gasteiger partial charge in [0.25, 0.3) is 0 Å². The molecule has 0 saturated carbocycles. The maximum atomic E-state index is 6.04. The fourth-order valence-electron chi connectivity index (χ4n) is 2.47. The SMILES string of the molecule is CC(C)COc1ccc(-c2c[c-]c(-c3ccccn3)s2)cc1OCC(C)C.[Ir]. The summed E-state index contributed by atoms with van der Waals surface area (Å²) in [5.74, 6) is 2.53. The fourth-order valence-corrected chi connectivity index (χ4v) is 3.40. The number of pyridine rings is 1. The Bertz CT molecular complexity index is 862. The van der Waals surface area contributed by atoms with E-state index in [-0.39, 0.29) is 20.1 Å². The molecule has 0 unspecified atom stereocenters. The van der Waals surface area contributed by atoms with Crippen LogP contribution in [0, 0.1) is 17.9 Å². The van der Waals surface area contributed by atoms with E-state index in [0.717, 1.165) is 32.5 Å². The second kappa shape index (κ2) is 10.8. The monoisotopic (exact) mass is 573 g/mol. The maximum Gasteiger partial charge on any atom is 0.161 e. The van der Waals surface area contributed by atoms with Crippen molar-refractivity contribution in [2.45, 2.75) is 27.7 Å². The summed E-state index contributed by atoms with van der Waals surface area (Å²) < 4.78 is 12.0. The third-order valence-corrected chi connectivity index (χ3v) is 4.92. The van der Waals surface area contributed by atoms with Gasteiger partial charge in [-0.2, -0.15) is 12.1 Å². The minimum absolute atomic E-state index is 0. The Balaban J connectivity index is 0.00000280. The van der Waals surface area contributed by atoms with E-state index in [9.17, 15) is 0 Å². The van der Waals surface area contributed by atoms with Gasteiger partial charge >= 0.3 is 0 Å². The van der Waals surface area contributed by atoms with Crippen molar-refractivity contribution in [1.82, 2.24) is 4.98 Å². The molecule has 1 radical (unpaired) electrons. The summed E-state index contributed by atoms with van der Waals surface area (Å²) in [6.45, 7) is 9.91. The summed E-state index contributed by atoms with van der Waals surface area (Å²) in [7, 11) is 0. The molecule has 3 nitrogen and oxygen atoms in total. The van der Waals surface area contributed by atoms with E-state index in [1.807, 2.05) is 30.3 Å². The average molecular weight is 573 g/mol. The van der Waals surface area contributed by atoms with Crippen LogP contribution in [0.3, 0.4) is 0 Å². The molecule has 3 aromatic rings. The van der Waals surface area contributed by atoms with Gasteiger partial charge < -0.3 is 14.5 Å². The first kappa shape index (κ1) is 22.6. The van der Waals surface area contributed by atoms with Crippen molar-refractivity contribution in [1.29, 1.82) is 0 Å². The van der Waals surface area contributed by atoms with Crippen LogP contribution in [-0.4, -0.2) is 18.2 Å². The predicted octanol–water partition coefficient (Wildman–Crippen LogP) is 6.34. The van der Waals surface area contributed by atoms with E-state index >= 15 is 0 Å². The topological polar surface area (TPSA) is 31.4 Å². The van der Waals surface area contributed by atoms with Crippen LogP contribution >= 0.6 is 11.3 Å². The Kier molecular flexibility index (Phi) is 8.68. The number of nitrogens with zero attached hydrogens (tertiary/aromatic N) is 1. The van der Waals surface area contributed by atoms with Crippen LogP contribution in [0.2, 0.25) is 0 Å². The van der Waals surface area contributed by atoms with Crippen LogP contribution in [0.25, 0.3) is 21.0 Å². The summed E-state index contributed by atoms with van der Waals surface area (Å²) in [6, 6.07) is 17.4. The maximum absolute atomic E-state index is 6.04. The van der Waals surface area contributed by atoms with Gasteiger partial charge in [0, 0.05) is 26.3 Å². The zero-order chi connectivity index (χ0) is 19.2. The van der Waals surface area contributed by atoms with Gasteiger partial charge in [0.15, 0.2) is 11.5 Å². The Morgan fingerprint density at radius 1 is 0.964 bits per heavy atom. The number of ether oxygens (including phenoxy) is 2. The number of hydrogen-bond acceptors (Lipinski definition) is 4. The molecular formula is C23H26IrNO2S-. The van der Waals surface area contributed by atoms with Gasteiger partial charge in [-0.05, 0) is 35.7 Å². The Morgan fingerprint density at radius 2 is 1.68 bits per heavy atom. The molecule has 1 aromatic carbocycles. The molecule has 0 aliphatic carbocycles. The molecule has 2 aromatic heterocycles. The fraction of sp³-hybridized carbons (Fsp3) is 0.348. The average Bonchev–Trinajstić information content (AvgIpc) is 3.16. The number of aromatic nitrogens is 1. The molecule has 2 heterocycles. The van der Waals surface area contributed by atoms with Gasteiger partial charge in [-0.1, -0.05) is 61.2 Å². The molecule has 0 saturated heterocycles. The standard InChI is InChI=1S/C23H26NO2S.Ir/c1-16(2)14-25-20-9-8-18(13-21(20)26-15-17(3)4)22-10-11-23(27-22)19-7-5-6-12-24-19;/h5-10,12-13,16-17H,14-15H2,1-4H3;/q-1;. The van der Waals surface area contributed by atoms with Crippen molar-refractivity contribution in [2.75, 3.05) is 13.2 Å². The predicted molar refractivity (Wildman–Crippen MR) is 112 cm³/mol. The van der Waals surface area contributed by atoms with Crippen molar-refractivity contribution < 1.29 is 29.6 Å². The summed E-state index contributed by atoms with van der Waals surface area (Å²) >= 11 is 1.68. The van der Waals surface area contributed by atoms with Gasteiger partial charge in [0.2, 0.25) is 0 Å². The third-order valence-electron chi connectivity index (χ3n) is 3.82. The quantitative estimate of drug-likeness (QED) is 0.295. The minimum atomic E-state index is 0. The van der Waals surface area contributed by atoms with E-state index in [4.69, 9.17) is 9.47 Å². The van der Waals surface area contributed by atoms with Crippen molar-refractivity contribution in [3.05, 3.63) is 54.7 Å². The van der Waals surface area contributed by atoms with Crippen LogP contribution < -0.4 is 9.47 Å². The first-order valence-corrected chi connectivity index (χ1v) is 10.2. The van der Waals surface area contributed by atoms with E-state index < -0.39 is 0 Å². The van der Waals surface area contributed by atoms with Crippen LogP contribution in [0.5, 0.6) is 11.5 Å². The minimum Gasteiger partial charge on any atom is -0.489 e. The zero-order valence-electron chi connectivity index (χ0n) is 16.7. The summed E-state index contributed by atoms with van der Waals surface area (Å²) in [5.41, 5.74) is 2.05. The van der Waals surface area contributed by atoms with E-state index in [1.165, 1.54) is 0 Å². The van der Waals surface area contributed by atoms with Gasteiger partial charge in [0.1, 0.15) is 0 Å². The van der Waals surface area contributed by atoms with Gasteiger partial charge in [0.05, 0.1) is 13.2 Å². The molecule has 0 bridgehead atoms. The molecule has 0 N–H and O–H groups in total. The van der Waals surface area contributed by atoms with Crippen molar-refractivity contribution in [2.24, 2.45) is 11.8 Å². The first-order valence-electron chi connectivity index (χ1n) is 9.36. The number of benzene rings is 1.